The van der Waals surface area contributed by atoms with E-state index in [0.717, 1.165) is 31.0 Å². The smallest absolute Gasteiger partial charge is 0.116 e. The molecule has 0 amide bonds. The molecule has 0 aromatic heterocycles. The van der Waals surface area contributed by atoms with Crippen LogP contribution in [0.5, 0.6) is 0 Å². The van der Waals surface area contributed by atoms with E-state index in [-0.39, 0.29) is 0 Å². The molecule has 0 aromatic carbocycles. The first-order chi connectivity index (χ1) is 6.27. The molecule has 0 aliphatic heterocycles. The first-order valence-electron chi connectivity index (χ1n) is 4.76. The lowest BCUT2D eigenvalue weighted by atomic mass is 10.1. The third-order valence-electron chi connectivity index (χ3n) is 1.71. The number of nitrogens with two attached hydrogens (primary N) is 3. The fourth-order valence-electron chi connectivity index (χ4n) is 1.03. The minimum atomic E-state index is 0.799. The molecular weight excluding hydrogens is 166 g/mol. The van der Waals surface area contributed by atoms with Crippen LogP contribution in [0.1, 0.15) is 32.1 Å². The highest BCUT2D eigenvalue weighted by Crippen LogP contribution is 2.01. The summed E-state index contributed by atoms with van der Waals surface area (Å²) in [6.45, 7) is 1.60. The Morgan fingerprint density at radius 3 is 2.23 bits per heavy atom. The Bertz CT molecular complexity index is 124. The second kappa shape index (κ2) is 9.44. The van der Waals surface area contributed by atoms with Gasteiger partial charge in [-0.1, -0.05) is 19.3 Å². The zero-order valence-corrected chi connectivity index (χ0v) is 8.15. The molecule has 0 rings (SSSR count). The van der Waals surface area contributed by atoms with E-state index < -0.39 is 0 Å². The lowest BCUT2D eigenvalue weighted by Crippen LogP contribution is -2.36. The number of hydrogen-bond donors (Lipinski definition) is 3. The lowest BCUT2D eigenvalue weighted by Gasteiger charge is -2.01. The summed E-state index contributed by atoms with van der Waals surface area (Å²) in [5.41, 5.74) is 5.37. The molecule has 13 heavy (non-hydrogen) atoms. The van der Waals surface area contributed by atoms with Crippen molar-refractivity contribution in [3.63, 3.8) is 0 Å². The first-order valence-corrected chi connectivity index (χ1v) is 4.76. The molecule has 5 heteroatoms. The second-order valence-electron chi connectivity index (χ2n) is 3.03. The third-order valence-corrected chi connectivity index (χ3v) is 1.71. The van der Waals surface area contributed by atoms with Crippen LogP contribution in [-0.2, 0) is 0 Å². The van der Waals surface area contributed by atoms with E-state index in [2.05, 4.69) is 4.99 Å². The Balaban J connectivity index is 2.99. The summed E-state index contributed by atoms with van der Waals surface area (Å²) in [7, 11) is 0. The maximum absolute atomic E-state index is 5.37. The summed E-state index contributed by atoms with van der Waals surface area (Å²) >= 11 is 0. The van der Waals surface area contributed by atoms with Gasteiger partial charge in [-0.25, -0.2) is 16.8 Å². The average molecular weight is 187 g/mol. The predicted molar refractivity (Wildman–Crippen MR) is 55.7 cm³/mol. The van der Waals surface area contributed by atoms with Gasteiger partial charge in [0, 0.05) is 6.54 Å². The van der Waals surface area contributed by atoms with Crippen molar-refractivity contribution in [2.75, 3.05) is 13.1 Å². The molecule has 6 N–H and O–H groups in total. The highest BCUT2D eigenvalue weighted by Gasteiger charge is 1.88. The largest absolute Gasteiger partial charge is 0.330 e. The predicted octanol–water partition coefficient (Wildman–Crippen LogP) is -0.0267. The highest BCUT2D eigenvalue weighted by atomic mass is 15.6. The number of aliphatic imine (C=N–C) groups is 1. The van der Waals surface area contributed by atoms with Crippen LogP contribution in [0.2, 0.25) is 0 Å². The third kappa shape index (κ3) is 11.3. The summed E-state index contributed by atoms with van der Waals surface area (Å²) < 4.78 is 0. The molecule has 0 heterocycles. The van der Waals surface area contributed by atoms with Crippen LogP contribution in [-0.4, -0.2) is 24.5 Å². The normalized spacial score (nSPS) is 11.0. The van der Waals surface area contributed by atoms with Crippen molar-refractivity contribution < 1.29 is 0 Å². The Morgan fingerprint density at radius 2 is 1.62 bits per heavy atom. The van der Waals surface area contributed by atoms with Crippen LogP contribution in [0.4, 0.5) is 0 Å². The number of hydrogen-bond acceptors (Lipinski definition) is 4. The van der Waals surface area contributed by atoms with Gasteiger partial charge in [-0.15, -0.1) is 0 Å². The van der Waals surface area contributed by atoms with Gasteiger partial charge < -0.3 is 5.73 Å². The zero-order chi connectivity index (χ0) is 9.94. The molecule has 0 aromatic rings. The maximum Gasteiger partial charge on any atom is 0.116 e. The molecule has 0 bridgehead atoms. The minimum Gasteiger partial charge on any atom is -0.330 e. The van der Waals surface area contributed by atoms with Gasteiger partial charge in [-0.2, -0.15) is 0 Å². The number of hydrazine groups is 2. The topological polar surface area (TPSA) is 93.7 Å². The molecule has 5 nitrogen and oxygen atoms in total. The molecular formula is C8H21N5. The van der Waals surface area contributed by atoms with E-state index in [1.165, 1.54) is 25.6 Å². The van der Waals surface area contributed by atoms with E-state index in [1.54, 1.807) is 0 Å². The van der Waals surface area contributed by atoms with E-state index in [4.69, 9.17) is 17.4 Å². The van der Waals surface area contributed by atoms with Crippen LogP contribution < -0.4 is 17.4 Å². The number of rotatable bonds is 8. The van der Waals surface area contributed by atoms with Crippen LogP contribution in [0, 0.1) is 0 Å². The van der Waals surface area contributed by atoms with Crippen LogP contribution in [0.15, 0.2) is 4.99 Å². The Labute approximate surface area is 79.9 Å². The molecule has 0 radical (unpaired) electrons. The Hall–Kier alpha value is -0.650. The van der Waals surface area contributed by atoms with Crippen molar-refractivity contribution in [2.45, 2.75) is 32.1 Å². The summed E-state index contributed by atoms with van der Waals surface area (Å²) in [6.07, 6.45) is 7.31. The Morgan fingerprint density at radius 1 is 1.00 bits per heavy atom. The Kier molecular flexibility index (Phi) is 8.97. The van der Waals surface area contributed by atoms with Crippen LogP contribution in [0.25, 0.3) is 0 Å². The van der Waals surface area contributed by atoms with Crippen molar-refractivity contribution in [1.29, 1.82) is 0 Å². The van der Waals surface area contributed by atoms with Crippen LogP contribution >= 0.6 is 0 Å². The zero-order valence-electron chi connectivity index (χ0n) is 8.15. The van der Waals surface area contributed by atoms with Gasteiger partial charge in [0.05, 0.1) is 0 Å². The monoisotopic (exact) mass is 187 g/mol. The molecule has 0 atom stereocenters. The summed E-state index contributed by atoms with van der Waals surface area (Å²) in [5.74, 6) is 10.2. The van der Waals surface area contributed by atoms with Gasteiger partial charge in [-0.3, -0.25) is 4.99 Å². The van der Waals surface area contributed by atoms with E-state index in [1.807, 2.05) is 0 Å². The average Bonchev–Trinajstić information content (AvgIpc) is 2.09. The van der Waals surface area contributed by atoms with Gasteiger partial charge in [0.1, 0.15) is 6.34 Å². The summed E-state index contributed by atoms with van der Waals surface area (Å²) in [6, 6.07) is 0. The molecule has 0 unspecified atom stereocenters. The van der Waals surface area contributed by atoms with Crippen molar-refractivity contribution in [3.05, 3.63) is 0 Å². The van der Waals surface area contributed by atoms with Crippen molar-refractivity contribution in [3.8, 4) is 0 Å². The van der Waals surface area contributed by atoms with Gasteiger partial charge in [0.2, 0.25) is 0 Å². The van der Waals surface area contributed by atoms with E-state index >= 15 is 0 Å². The quantitative estimate of drug-likeness (QED) is 0.163. The molecule has 0 saturated carbocycles. The maximum atomic E-state index is 5.37. The lowest BCUT2D eigenvalue weighted by molar-refractivity contribution is 0.478. The van der Waals surface area contributed by atoms with E-state index in [9.17, 15) is 0 Å². The van der Waals surface area contributed by atoms with Crippen molar-refractivity contribution in [1.82, 2.24) is 5.12 Å². The highest BCUT2D eigenvalue weighted by molar-refractivity contribution is 5.52. The number of unbranched alkanes of at least 4 members (excludes halogenated alkanes) is 4. The van der Waals surface area contributed by atoms with Crippen molar-refractivity contribution in [2.24, 2.45) is 22.4 Å². The van der Waals surface area contributed by atoms with Gasteiger partial charge >= 0.3 is 0 Å². The van der Waals surface area contributed by atoms with Gasteiger partial charge in [0.15, 0.2) is 0 Å². The fourth-order valence-corrected chi connectivity index (χ4v) is 1.03. The first kappa shape index (κ1) is 12.3. The van der Waals surface area contributed by atoms with Crippen molar-refractivity contribution >= 4 is 6.34 Å². The van der Waals surface area contributed by atoms with Gasteiger partial charge in [-0.05, 0) is 19.4 Å². The van der Waals surface area contributed by atoms with E-state index in [0.29, 0.717) is 0 Å². The minimum absolute atomic E-state index is 0.799. The van der Waals surface area contributed by atoms with Crippen LogP contribution in [0.3, 0.4) is 0 Å². The molecule has 0 spiro atoms. The summed E-state index contributed by atoms with van der Waals surface area (Å²) in [5, 5.41) is 0.967. The standard InChI is InChI=1S/C8H21N5/c9-6-4-2-1-3-5-7-12-8-13(10)11/h8H,1-7,9-11H2/b12-8-. The SMILES string of the molecule is NCCCCCCC/N=C\N(N)N. The fraction of sp³-hybridized carbons (Fsp3) is 0.875. The second-order valence-corrected chi connectivity index (χ2v) is 3.03. The van der Waals surface area contributed by atoms with Gasteiger partial charge in [0.25, 0.3) is 0 Å². The molecule has 0 aliphatic carbocycles. The molecule has 0 saturated heterocycles. The molecule has 78 valence electrons. The molecule has 0 aliphatic rings. The molecule has 0 fully saturated rings. The number of nitrogens with zero attached hydrogens (tertiary/aromatic N) is 2. The summed E-state index contributed by atoms with van der Waals surface area (Å²) in [4.78, 5) is 4.01.